The molecule has 0 spiro atoms. The molecule has 0 saturated carbocycles. The molecule has 0 aliphatic heterocycles. The Bertz CT molecular complexity index is 1730. The first-order valence-corrected chi connectivity index (χ1v) is 13.3. The van der Waals surface area contributed by atoms with Gasteiger partial charge in [0.05, 0.1) is 18.1 Å². The SMILES string of the molecule is COc1ccc(C(C)Oc2ccc(CCn3c(C(F)(F)F)nc4cc(NC(=O)c5c(F)cccc5F)ccc43)cc2)cc1. The molecule has 1 aromatic heterocycles. The average Bonchev–Trinajstić information content (AvgIpc) is 3.35. The first-order valence-electron chi connectivity index (χ1n) is 13.3. The molecule has 43 heavy (non-hydrogen) atoms. The van der Waals surface area contributed by atoms with E-state index in [2.05, 4.69) is 10.3 Å². The van der Waals surface area contributed by atoms with E-state index in [1.165, 1.54) is 18.2 Å². The van der Waals surface area contributed by atoms with Gasteiger partial charge in [0.1, 0.15) is 34.8 Å². The van der Waals surface area contributed by atoms with Crippen LogP contribution in [0.3, 0.4) is 0 Å². The summed E-state index contributed by atoms with van der Waals surface area (Å²) >= 11 is 0. The summed E-state index contributed by atoms with van der Waals surface area (Å²) in [7, 11) is 1.59. The van der Waals surface area contributed by atoms with E-state index in [0.717, 1.165) is 39.6 Å². The number of carbonyl (C=O) groups excluding carboxylic acids is 1. The molecule has 1 N–H and O–H groups in total. The highest BCUT2D eigenvalue weighted by molar-refractivity contribution is 6.05. The maximum atomic E-state index is 14.0. The Morgan fingerprint density at radius 1 is 0.930 bits per heavy atom. The molecule has 222 valence electrons. The van der Waals surface area contributed by atoms with Gasteiger partial charge in [-0.3, -0.25) is 4.79 Å². The predicted octanol–water partition coefficient (Wildman–Crippen LogP) is 7.98. The van der Waals surface area contributed by atoms with E-state index in [1.807, 2.05) is 31.2 Å². The summed E-state index contributed by atoms with van der Waals surface area (Å²) < 4.78 is 82.0. The molecule has 1 atom stereocenters. The fourth-order valence-corrected chi connectivity index (χ4v) is 4.68. The normalized spacial score (nSPS) is 12.3. The van der Waals surface area contributed by atoms with Crippen molar-refractivity contribution in [2.45, 2.75) is 32.2 Å². The molecule has 0 aliphatic rings. The van der Waals surface area contributed by atoms with Crippen LogP contribution in [0, 0.1) is 11.6 Å². The number of hydrogen-bond donors (Lipinski definition) is 1. The van der Waals surface area contributed by atoms with Gasteiger partial charge in [0.25, 0.3) is 5.91 Å². The number of imidazole rings is 1. The summed E-state index contributed by atoms with van der Waals surface area (Å²) in [5.41, 5.74) is 1.15. The number of fused-ring (bicyclic) bond motifs is 1. The van der Waals surface area contributed by atoms with Gasteiger partial charge in [-0.2, -0.15) is 13.2 Å². The number of benzene rings is 4. The second kappa shape index (κ2) is 12.1. The number of hydrogen-bond acceptors (Lipinski definition) is 4. The number of ether oxygens (including phenoxy) is 2. The van der Waals surface area contributed by atoms with E-state index < -0.39 is 35.1 Å². The molecule has 1 heterocycles. The Balaban J connectivity index is 1.30. The Kier molecular flexibility index (Phi) is 8.33. The van der Waals surface area contributed by atoms with Crippen LogP contribution < -0.4 is 14.8 Å². The molecule has 0 fully saturated rings. The first kappa shape index (κ1) is 29.6. The van der Waals surface area contributed by atoms with Crippen molar-refractivity contribution in [1.29, 1.82) is 0 Å². The predicted molar refractivity (Wildman–Crippen MR) is 151 cm³/mol. The molecule has 0 saturated heterocycles. The van der Waals surface area contributed by atoms with Gasteiger partial charge >= 0.3 is 6.18 Å². The number of carbonyl (C=O) groups is 1. The van der Waals surface area contributed by atoms with Crippen molar-refractivity contribution in [2.24, 2.45) is 0 Å². The molecule has 0 bridgehead atoms. The number of nitrogens with one attached hydrogen (secondary N) is 1. The van der Waals surface area contributed by atoms with Crippen LogP contribution in [-0.2, 0) is 19.1 Å². The summed E-state index contributed by atoms with van der Waals surface area (Å²) in [4.78, 5) is 16.2. The van der Waals surface area contributed by atoms with Crippen LogP contribution in [0.25, 0.3) is 11.0 Å². The zero-order valence-electron chi connectivity index (χ0n) is 23.1. The van der Waals surface area contributed by atoms with Gasteiger partial charge in [-0.1, -0.05) is 30.3 Å². The third kappa shape index (κ3) is 6.61. The van der Waals surface area contributed by atoms with Crippen molar-refractivity contribution >= 4 is 22.6 Å². The number of rotatable bonds is 9. The lowest BCUT2D eigenvalue weighted by molar-refractivity contribution is -0.146. The van der Waals surface area contributed by atoms with E-state index in [0.29, 0.717) is 5.75 Å². The molecule has 1 amide bonds. The van der Waals surface area contributed by atoms with Crippen LogP contribution in [-0.4, -0.2) is 22.6 Å². The van der Waals surface area contributed by atoms with Crippen molar-refractivity contribution in [3.8, 4) is 11.5 Å². The van der Waals surface area contributed by atoms with Crippen LogP contribution in [0.15, 0.2) is 84.9 Å². The standard InChI is InChI=1S/C32H26F5N3O3/c1-19(21-8-13-23(42-2)14-9-21)43-24-11-6-20(7-12-24)16-17-40-28-15-10-22(18-27(28)39-31(40)32(35,36)37)38-30(41)29-25(33)4-3-5-26(29)34/h3-15,18-19H,16-17H2,1-2H3,(H,38,41). The van der Waals surface area contributed by atoms with Gasteiger partial charge in [-0.05, 0) is 79.1 Å². The fraction of sp³-hybridized carbons (Fsp3) is 0.188. The Morgan fingerprint density at radius 3 is 2.21 bits per heavy atom. The Hall–Kier alpha value is -4.93. The molecule has 1 unspecified atom stereocenters. The molecule has 6 nitrogen and oxygen atoms in total. The van der Waals surface area contributed by atoms with Crippen LogP contribution in [0.4, 0.5) is 27.6 Å². The number of aryl methyl sites for hydroxylation is 2. The monoisotopic (exact) mass is 595 g/mol. The minimum absolute atomic E-state index is 0.0278. The van der Waals surface area contributed by atoms with Crippen molar-refractivity contribution in [3.63, 3.8) is 0 Å². The fourth-order valence-electron chi connectivity index (χ4n) is 4.68. The van der Waals surface area contributed by atoms with Crippen molar-refractivity contribution in [2.75, 3.05) is 12.4 Å². The number of nitrogens with zero attached hydrogens (tertiary/aromatic N) is 2. The molecule has 4 aromatic carbocycles. The van der Waals surface area contributed by atoms with Gasteiger partial charge < -0.3 is 19.4 Å². The number of halogens is 5. The van der Waals surface area contributed by atoms with Crippen LogP contribution in [0.1, 0.15) is 40.3 Å². The van der Waals surface area contributed by atoms with E-state index in [-0.39, 0.29) is 35.8 Å². The minimum atomic E-state index is -4.74. The molecule has 5 aromatic rings. The summed E-state index contributed by atoms with van der Waals surface area (Å²) in [6.07, 6.45) is -4.70. The maximum Gasteiger partial charge on any atom is 0.449 e. The van der Waals surface area contributed by atoms with Gasteiger partial charge in [-0.25, -0.2) is 13.8 Å². The molecular weight excluding hydrogens is 569 g/mol. The quantitative estimate of drug-likeness (QED) is 0.176. The summed E-state index contributed by atoms with van der Waals surface area (Å²) in [6, 6.07) is 21.6. The van der Waals surface area contributed by atoms with Gasteiger partial charge in [0, 0.05) is 12.2 Å². The lowest BCUT2D eigenvalue weighted by atomic mass is 10.1. The third-order valence-electron chi connectivity index (χ3n) is 6.89. The highest BCUT2D eigenvalue weighted by Crippen LogP contribution is 2.33. The third-order valence-corrected chi connectivity index (χ3v) is 6.89. The smallest absolute Gasteiger partial charge is 0.449 e. The summed E-state index contributed by atoms with van der Waals surface area (Å²) in [5.74, 6) is -2.94. The van der Waals surface area contributed by atoms with Crippen molar-refractivity contribution < 1.29 is 36.2 Å². The van der Waals surface area contributed by atoms with Gasteiger partial charge in [-0.15, -0.1) is 0 Å². The largest absolute Gasteiger partial charge is 0.497 e. The Morgan fingerprint density at radius 2 is 1.58 bits per heavy atom. The highest BCUT2D eigenvalue weighted by atomic mass is 19.4. The molecular formula is C32H26F5N3O3. The zero-order valence-corrected chi connectivity index (χ0v) is 23.1. The summed E-state index contributed by atoms with van der Waals surface area (Å²) in [6.45, 7) is 1.88. The van der Waals surface area contributed by atoms with Gasteiger partial charge in [0.15, 0.2) is 0 Å². The molecule has 0 aliphatic carbocycles. The van der Waals surface area contributed by atoms with Gasteiger partial charge in [0.2, 0.25) is 5.82 Å². The molecule has 11 heteroatoms. The molecule has 5 rings (SSSR count). The Labute approximate surface area is 243 Å². The van der Waals surface area contributed by atoms with Crippen molar-refractivity contribution in [3.05, 3.63) is 119 Å². The van der Waals surface area contributed by atoms with Crippen LogP contribution in [0.5, 0.6) is 11.5 Å². The number of alkyl halides is 3. The number of aromatic nitrogens is 2. The first-order chi connectivity index (χ1) is 20.5. The van der Waals surface area contributed by atoms with E-state index in [1.54, 1.807) is 31.4 Å². The van der Waals surface area contributed by atoms with Crippen LogP contribution >= 0.6 is 0 Å². The topological polar surface area (TPSA) is 65.4 Å². The van der Waals surface area contributed by atoms with E-state index >= 15 is 0 Å². The second-order valence-electron chi connectivity index (χ2n) is 9.77. The van der Waals surface area contributed by atoms with E-state index in [4.69, 9.17) is 9.47 Å². The van der Waals surface area contributed by atoms with Crippen molar-refractivity contribution in [1.82, 2.24) is 9.55 Å². The average molecular weight is 596 g/mol. The lowest BCUT2D eigenvalue weighted by Crippen LogP contribution is -2.16. The lowest BCUT2D eigenvalue weighted by Gasteiger charge is -2.16. The number of amides is 1. The zero-order chi connectivity index (χ0) is 30.7. The van der Waals surface area contributed by atoms with E-state index in [9.17, 15) is 26.7 Å². The molecule has 0 radical (unpaired) electrons. The van der Waals surface area contributed by atoms with Crippen LogP contribution in [0.2, 0.25) is 0 Å². The highest BCUT2D eigenvalue weighted by Gasteiger charge is 2.37. The number of methoxy groups -OCH3 is 1. The maximum absolute atomic E-state index is 14.0. The second-order valence-corrected chi connectivity index (χ2v) is 9.77. The summed E-state index contributed by atoms with van der Waals surface area (Å²) in [5, 5.41) is 2.32. The minimum Gasteiger partial charge on any atom is -0.497 e. The number of anilines is 1.